The topological polar surface area (TPSA) is 46.6 Å². The van der Waals surface area contributed by atoms with Gasteiger partial charge < -0.3 is 4.74 Å². The first-order valence-electron chi connectivity index (χ1n) is 8.40. The predicted octanol–water partition coefficient (Wildman–Crippen LogP) is 6.13. The van der Waals surface area contributed by atoms with Crippen LogP contribution in [0, 0.1) is 0 Å². The minimum absolute atomic E-state index is 0.152. The van der Waals surface area contributed by atoms with Crippen molar-refractivity contribution in [3.8, 4) is 5.75 Å². The second-order valence-corrected chi connectivity index (χ2v) is 8.21. The standard InChI is InChI=1S/C20H17BrClNO3S/c1-2-9-26-17-8-7-15(21)10-14(17)11-18-19(24)23(20(25)27-18)12-13-5-3-4-6-16(13)22/h3-8,10-11H,2,9,12H2,1H3/b18-11-. The number of imide groups is 1. The van der Waals surface area contributed by atoms with Gasteiger partial charge in [0.1, 0.15) is 5.75 Å². The molecule has 140 valence electrons. The van der Waals surface area contributed by atoms with Gasteiger partial charge in [-0.2, -0.15) is 0 Å². The summed E-state index contributed by atoms with van der Waals surface area (Å²) in [6, 6.07) is 12.8. The van der Waals surface area contributed by atoms with Gasteiger partial charge >= 0.3 is 0 Å². The van der Waals surface area contributed by atoms with Crippen molar-refractivity contribution in [2.24, 2.45) is 0 Å². The highest BCUT2D eigenvalue weighted by Gasteiger charge is 2.35. The van der Waals surface area contributed by atoms with E-state index in [1.54, 1.807) is 18.2 Å². The highest BCUT2D eigenvalue weighted by Crippen LogP contribution is 2.36. The first kappa shape index (κ1) is 20.0. The second-order valence-electron chi connectivity index (χ2n) is 5.89. The third-order valence-corrected chi connectivity index (χ3v) is 5.65. The molecule has 0 radical (unpaired) electrons. The Morgan fingerprint density at radius 2 is 2.00 bits per heavy atom. The largest absolute Gasteiger partial charge is 0.493 e. The van der Waals surface area contributed by atoms with E-state index in [1.807, 2.05) is 37.3 Å². The number of carbonyl (C=O) groups is 2. The third kappa shape index (κ3) is 4.75. The molecule has 7 heteroatoms. The van der Waals surface area contributed by atoms with Crippen molar-refractivity contribution in [2.45, 2.75) is 19.9 Å². The normalized spacial score (nSPS) is 15.7. The average molecular weight is 467 g/mol. The van der Waals surface area contributed by atoms with Crippen molar-refractivity contribution in [1.82, 2.24) is 4.90 Å². The fourth-order valence-corrected chi connectivity index (χ4v) is 3.95. The average Bonchev–Trinajstić information content (AvgIpc) is 2.90. The monoisotopic (exact) mass is 465 g/mol. The number of hydrogen-bond donors (Lipinski definition) is 0. The van der Waals surface area contributed by atoms with Gasteiger partial charge in [0, 0.05) is 15.1 Å². The van der Waals surface area contributed by atoms with E-state index in [4.69, 9.17) is 16.3 Å². The lowest BCUT2D eigenvalue weighted by Crippen LogP contribution is -2.27. The van der Waals surface area contributed by atoms with Crippen LogP contribution >= 0.6 is 39.3 Å². The summed E-state index contributed by atoms with van der Waals surface area (Å²) in [4.78, 5) is 26.7. The van der Waals surface area contributed by atoms with Crippen LogP contribution in [0.4, 0.5) is 4.79 Å². The van der Waals surface area contributed by atoms with Crippen molar-refractivity contribution in [3.05, 3.63) is 68.0 Å². The fraction of sp³-hybridized carbons (Fsp3) is 0.200. The quantitative estimate of drug-likeness (QED) is 0.481. The molecule has 0 aliphatic carbocycles. The Labute approximate surface area is 175 Å². The van der Waals surface area contributed by atoms with Gasteiger partial charge in [-0.05, 0) is 54.1 Å². The Morgan fingerprint density at radius 1 is 1.22 bits per heavy atom. The van der Waals surface area contributed by atoms with Crippen molar-refractivity contribution < 1.29 is 14.3 Å². The first-order chi connectivity index (χ1) is 13.0. The molecule has 1 aliphatic rings. The van der Waals surface area contributed by atoms with E-state index in [-0.39, 0.29) is 17.7 Å². The third-order valence-electron chi connectivity index (χ3n) is 3.88. The Bertz CT molecular complexity index is 916. The van der Waals surface area contributed by atoms with E-state index in [0.717, 1.165) is 33.8 Å². The van der Waals surface area contributed by atoms with Crippen LogP contribution in [0.2, 0.25) is 5.02 Å². The van der Waals surface area contributed by atoms with Crippen LogP contribution in [0.3, 0.4) is 0 Å². The number of rotatable bonds is 6. The van der Waals surface area contributed by atoms with Crippen LogP contribution in [0.5, 0.6) is 5.75 Å². The van der Waals surface area contributed by atoms with Gasteiger partial charge in [0.25, 0.3) is 11.1 Å². The second kappa shape index (κ2) is 8.95. The van der Waals surface area contributed by atoms with Gasteiger partial charge in [-0.25, -0.2) is 0 Å². The maximum atomic E-state index is 12.8. The SMILES string of the molecule is CCCOc1ccc(Br)cc1/C=C1\SC(=O)N(Cc2ccccc2Cl)C1=O. The summed E-state index contributed by atoms with van der Waals surface area (Å²) < 4.78 is 6.62. The molecule has 2 amide bonds. The van der Waals surface area contributed by atoms with E-state index < -0.39 is 0 Å². The molecule has 0 saturated carbocycles. The molecule has 2 aromatic rings. The van der Waals surface area contributed by atoms with Crippen LogP contribution < -0.4 is 4.74 Å². The van der Waals surface area contributed by atoms with Gasteiger partial charge in [-0.1, -0.05) is 52.7 Å². The number of amides is 2. The lowest BCUT2D eigenvalue weighted by molar-refractivity contribution is -0.123. The van der Waals surface area contributed by atoms with Crippen LogP contribution in [0.15, 0.2) is 51.8 Å². The van der Waals surface area contributed by atoms with Gasteiger partial charge in [-0.15, -0.1) is 0 Å². The van der Waals surface area contributed by atoms with Crippen molar-refractivity contribution >= 4 is 56.5 Å². The molecule has 1 aliphatic heterocycles. The number of halogens is 2. The molecular weight excluding hydrogens is 450 g/mol. The van der Waals surface area contributed by atoms with Crippen molar-refractivity contribution in [1.29, 1.82) is 0 Å². The number of ether oxygens (including phenoxy) is 1. The summed E-state index contributed by atoms with van der Waals surface area (Å²) in [5, 5.41) is 0.222. The number of benzene rings is 2. The maximum absolute atomic E-state index is 12.8. The molecule has 0 bridgehead atoms. The first-order valence-corrected chi connectivity index (χ1v) is 10.4. The van der Waals surface area contributed by atoms with Crippen LogP contribution in [-0.2, 0) is 11.3 Å². The summed E-state index contributed by atoms with van der Waals surface area (Å²) in [7, 11) is 0. The summed E-state index contributed by atoms with van der Waals surface area (Å²) in [5.74, 6) is 0.351. The molecule has 1 fully saturated rings. The molecule has 0 atom stereocenters. The molecule has 27 heavy (non-hydrogen) atoms. The van der Waals surface area contributed by atoms with Gasteiger partial charge in [0.2, 0.25) is 0 Å². The molecule has 1 saturated heterocycles. The van der Waals surface area contributed by atoms with E-state index in [1.165, 1.54) is 4.90 Å². The van der Waals surface area contributed by atoms with Crippen molar-refractivity contribution in [3.63, 3.8) is 0 Å². The highest BCUT2D eigenvalue weighted by molar-refractivity contribution is 9.10. The smallest absolute Gasteiger partial charge is 0.293 e. The number of nitrogens with zero attached hydrogens (tertiary/aromatic N) is 1. The summed E-state index contributed by atoms with van der Waals surface area (Å²) in [6.07, 6.45) is 2.58. The van der Waals surface area contributed by atoms with E-state index in [0.29, 0.717) is 22.3 Å². The molecule has 0 aromatic heterocycles. The van der Waals surface area contributed by atoms with Gasteiger partial charge in [0.05, 0.1) is 18.1 Å². The number of hydrogen-bond acceptors (Lipinski definition) is 4. The molecule has 0 spiro atoms. The predicted molar refractivity (Wildman–Crippen MR) is 113 cm³/mol. The number of thioether (sulfide) groups is 1. The Balaban J connectivity index is 1.86. The number of carbonyl (C=O) groups excluding carboxylic acids is 2. The Morgan fingerprint density at radius 3 is 2.74 bits per heavy atom. The summed E-state index contributed by atoms with van der Waals surface area (Å²) in [6.45, 7) is 2.76. The zero-order valence-corrected chi connectivity index (χ0v) is 17.7. The fourth-order valence-electron chi connectivity index (χ4n) is 2.55. The molecule has 2 aromatic carbocycles. The maximum Gasteiger partial charge on any atom is 0.293 e. The van der Waals surface area contributed by atoms with E-state index in [2.05, 4.69) is 15.9 Å². The minimum atomic E-state index is -0.327. The Kier molecular flexibility index (Phi) is 6.63. The molecule has 3 rings (SSSR count). The summed E-state index contributed by atoms with van der Waals surface area (Å²) in [5.41, 5.74) is 1.48. The lowest BCUT2D eigenvalue weighted by atomic mass is 10.1. The Hall–Kier alpha value is -1.76. The van der Waals surface area contributed by atoms with Gasteiger partial charge in [0.15, 0.2) is 0 Å². The molecule has 1 heterocycles. The van der Waals surface area contributed by atoms with Gasteiger partial charge in [-0.3, -0.25) is 14.5 Å². The lowest BCUT2D eigenvalue weighted by Gasteiger charge is -2.13. The van der Waals surface area contributed by atoms with Crippen molar-refractivity contribution in [2.75, 3.05) is 6.61 Å². The highest BCUT2D eigenvalue weighted by atomic mass is 79.9. The van der Waals surface area contributed by atoms with E-state index in [9.17, 15) is 9.59 Å². The van der Waals surface area contributed by atoms with Crippen LogP contribution in [0.1, 0.15) is 24.5 Å². The zero-order valence-electron chi connectivity index (χ0n) is 14.6. The molecule has 4 nitrogen and oxygen atoms in total. The molecule has 0 N–H and O–H groups in total. The minimum Gasteiger partial charge on any atom is -0.493 e. The zero-order chi connectivity index (χ0) is 19.4. The van der Waals surface area contributed by atoms with Crippen LogP contribution in [-0.4, -0.2) is 22.7 Å². The molecular formula is C20H17BrClNO3S. The van der Waals surface area contributed by atoms with E-state index >= 15 is 0 Å². The van der Waals surface area contributed by atoms with Crippen LogP contribution in [0.25, 0.3) is 6.08 Å². The summed E-state index contributed by atoms with van der Waals surface area (Å²) >= 11 is 10.5. The molecule has 0 unspecified atom stereocenters.